The Hall–Kier alpha value is -0.930. The van der Waals surface area contributed by atoms with Crippen molar-refractivity contribution in [3.05, 3.63) is 35.1 Å². The first-order chi connectivity index (χ1) is 7.65. The van der Waals surface area contributed by atoms with E-state index in [4.69, 9.17) is 10.5 Å². The van der Waals surface area contributed by atoms with Crippen molar-refractivity contribution in [3.63, 3.8) is 0 Å². The van der Waals surface area contributed by atoms with Crippen molar-refractivity contribution in [1.29, 1.82) is 0 Å². The molecule has 0 heterocycles. The van der Waals surface area contributed by atoms with Gasteiger partial charge in [-0.3, -0.25) is 0 Å². The first kappa shape index (κ1) is 13.1. The van der Waals surface area contributed by atoms with Crippen molar-refractivity contribution in [2.75, 3.05) is 13.2 Å². The summed E-state index contributed by atoms with van der Waals surface area (Å²) in [6.45, 7) is 5.25. The van der Waals surface area contributed by atoms with Crippen molar-refractivity contribution in [2.45, 2.75) is 32.7 Å². The van der Waals surface area contributed by atoms with Crippen LogP contribution in [0.4, 0.5) is 4.39 Å². The van der Waals surface area contributed by atoms with E-state index < -0.39 is 0 Å². The fourth-order valence-electron chi connectivity index (χ4n) is 1.52. The molecule has 0 saturated heterocycles. The quantitative estimate of drug-likeness (QED) is 0.755. The number of hydrogen-bond donors (Lipinski definition) is 1. The Morgan fingerprint density at radius 1 is 1.38 bits per heavy atom. The number of benzene rings is 1. The maximum Gasteiger partial charge on any atom is 0.126 e. The smallest absolute Gasteiger partial charge is 0.126 e. The Bertz CT molecular complexity index is 328. The van der Waals surface area contributed by atoms with Crippen molar-refractivity contribution in [3.8, 4) is 0 Å². The molecule has 1 unspecified atom stereocenters. The monoisotopic (exact) mass is 225 g/mol. The van der Waals surface area contributed by atoms with Crippen LogP contribution in [-0.4, -0.2) is 13.2 Å². The summed E-state index contributed by atoms with van der Waals surface area (Å²) in [7, 11) is 0. The van der Waals surface area contributed by atoms with E-state index in [1.54, 1.807) is 19.1 Å². The molecule has 0 saturated carbocycles. The SMILES string of the molecule is CCCOCCC(N)c1ccc(F)c(C)c1. The molecule has 0 bridgehead atoms. The average molecular weight is 225 g/mol. The molecule has 16 heavy (non-hydrogen) atoms. The Morgan fingerprint density at radius 3 is 2.75 bits per heavy atom. The number of hydrogen-bond acceptors (Lipinski definition) is 2. The van der Waals surface area contributed by atoms with Crippen LogP contribution in [0.15, 0.2) is 18.2 Å². The first-order valence-electron chi connectivity index (χ1n) is 5.74. The summed E-state index contributed by atoms with van der Waals surface area (Å²) >= 11 is 0. The van der Waals surface area contributed by atoms with Crippen LogP contribution in [0.5, 0.6) is 0 Å². The molecule has 90 valence electrons. The van der Waals surface area contributed by atoms with Gasteiger partial charge in [-0.15, -0.1) is 0 Å². The van der Waals surface area contributed by atoms with Crippen molar-refractivity contribution < 1.29 is 9.13 Å². The van der Waals surface area contributed by atoms with Gasteiger partial charge in [0.15, 0.2) is 0 Å². The average Bonchev–Trinajstić information content (AvgIpc) is 2.28. The summed E-state index contributed by atoms with van der Waals surface area (Å²) < 4.78 is 18.4. The summed E-state index contributed by atoms with van der Waals surface area (Å²) in [6, 6.07) is 4.94. The molecule has 0 fully saturated rings. The van der Waals surface area contributed by atoms with E-state index in [1.165, 1.54) is 6.07 Å². The summed E-state index contributed by atoms with van der Waals surface area (Å²) in [5.41, 5.74) is 7.61. The molecule has 0 aliphatic carbocycles. The van der Waals surface area contributed by atoms with Gasteiger partial charge in [-0.05, 0) is 37.0 Å². The third-order valence-corrected chi connectivity index (χ3v) is 2.53. The van der Waals surface area contributed by atoms with Gasteiger partial charge in [0, 0.05) is 19.3 Å². The molecule has 2 N–H and O–H groups in total. The Balaban J connectivity index is 2.46. The van der Waals surface area contributed by atoms with E-state index in [9.17, 15) is 4.39 Å². The fourth-order valence-corrected chi connectivity index (χ4v) is 1.52. The number of nitrogens with two attached hydrogens (primary N) is 1. The molecule has 1 aromatic rings. The van der Waals surface area contributed by atoms with E-state index in [2.05, 4.69) is 6.92 Å². The van der Waals surface area contributed by atoms with E-state index in [0.29, 0.717) is 12.2 Å². The van der Waals surface area contributed by atoms with Crippen LogP contribution in [0.2, 0.25) is 0 Å². The zero-order valence-corrected chi connectivity index (χ0v) is 10.0. The fraction of sp³-hybridized carbons (Fsp3) is 0.538. The largest absolute Gasteiger partial charge is 0.381 e. The molecule has 2 nitrogen and oxygen atoms in total. The molecular formula is C13H20FNO. The topological polar surface area (TPSA) is 35.2 Å². The lowest BCUT2D eigenvalue weighted by Crippen LogP contribution is -2.13. The van der Waals surface area contributed by atoms with Gasteiger partial charge in [0.25, 0.3) is 0 Å². The summed E-state index contributed by atoms with van der Waals surface area (Å²) in [4.78, 5) is 0. The minimum atomic E-state index is -0.182. The molecule has 0 amide bonds. The van der Waals surface area contributed by atoms with Gasteiger partial charge < -0.3 is 10.5 Å². The zero-order chi connectivity index (χ0) is 12.0. The van der Waals surface area contributed by atoms with Crippen LogP contribution < -0.4 is 5.73 Å². The molecular weight excluding hydrogens is 205 g/mol. The standard InChI is InChI=1S/C13H20FNO/c1-3-7-16-8-6-13(15)11-4-5-12(14)10(2)9-11/h4-5,9,13H,3,6-8,15H2,1-2H3. The van der Waals surface area contributed by atoms with Crippen molar-refractivity contribution >= 4 is 0 Å². The summed E-state index contributed by atoms with van der Waals surface area (Å²) in [5.74, 6) is -0.182. The number of halogens is 1. The van der Waals surface area contributed by atoms with Gasteiger partial charge in [0.05, 0.1) is 0 Å². The van der Waals surface area contributed by atoms with Gasteiger partial charge in [0.2, 0.25) is 0 Å². The van der Waals surface area contributed by atoms with Crippen molar-refractivity contribution in [1.82, 2.24) is 0 Å². The number of aryl methyl sites for hydroxylation is 1. The van der Waals surface area contributed by atoms with Gasteiger partial charge in [-0.1, -0.05) is 19.1 Å². The molecule has 0 aromatic heterocycles. The Morgan fingerprint density at radius 2 is 2.12 bits per heavy atom. The predicted molar refractivity (Wildman–Crippen MR) is 63.8 cm³/mol. The summed E-state index contributed by atoms with van der Waals surface area (Å²) in [6.07, 6.45) is 1.79. The second-order valence-electron chi connectivity index (χ2n) is 4.02. The maximum atomic E-state index is 13.0. The molecule has 0 aliphatic rings. The van der Waals surface area contributed by atoms with Gasteiger partial charge in [0.1, 0.15) is 5.82 Å². The van der Waals surface area contributed by atoms with Crippen LogP contribution in [0.1, 0.15) is 36.9 Å². The van der Waals surface area contributed by atoms with Crippen LogP contribution in [-0.2, 0) is 4.74 Å². The first-order valence-corrected chi connectivity index (χ1v) is 5.74. The Labute approximate surface area is 96.6 Å². The predicted octanol–water partition coefficient (Wildman–Crippen LogP) is 2.95. The highest BCUT2D eigenvalue weighted by Crippen LogP contribution is 2.17. The highest BCUT2D eigenvalue weighted by molar-refractivity contribution is 5.26. The van der Waals surface area contributed by atoms with E-state index in [-0.39, 0.29) is 11.9 Å². The lowest BCUT2D eigenvalue weighted by Gasteiger charge is -2.13. The molecule has 1 aromatic carbocycles. The van der Waals surface area contributed by atoms with Crippen LogP contribution in [0, 0.1) is 12.7 Å². The Kier molecular flexibility index (Phi) is 5.43. The second kappa shape index (κ2) is 6.61. The van der Waals surface area contributed by atoms with Gasteiger partial charge in [-0.25, -0.2) is 4.39 Å². The van der Waals surface area contributed by atoms with Crippen LogP contribution >= 0.6 is 0 Å². The molecule has 1 atom stereocenters. The molecule has 0 radical (unpaired) electrons. The van der Waals surface area contributed by atoms with Crippen molar-refractivity contribution in [2.24, 2.45) is 5.73 Å². The maximum absolute atomic E-state index is 13.0. The van der Waals surface area contributed by atoms with E-state index in [0.717, 1.165) is 25.0 Å². The minimum absolute atomic E-state index is 0.0730. The lowest BCUT2D eigenvalue weighted by molar-refractivity contribution is 0.128. The van der Waals surface area contributed by atoms with Crippen LogP contribution in [0.3, 0.4) is 0 Å². The van der Waals surface area contributed by atoms with Gasteiger partial charge >= 0.3 is 0 Å². The normalized spacial score (nSPS) is 12.8. The molecule has 0 aliphatic heterocycles. The second-order valence-corrected chi connectivity index (χ2v) is 4.02. The lowest BCUT2D eigenvalue weighted by atomic mass is 10.0. The molecule has 0 spiro atoms. The highest BCUT2D eigenvalue weighted by atomic mass is 19.1. The van der Waals surface area contributed by atoms with E-state index in [1.807, 2.05) is 0 Å². The number of ether oxygens (including phenoxy) is 1. The molecule has 3 heteroatoms. The molecule has 1 rings (SSSR count). The minimum Gasteiger partial charge on any atom is -0.381 e. The number of rotatable bonds is 6. The third kappa shape index (κ3) is 3.91. The zero-order valence-electron chi connectivity index (χ0n) is 10.0. The van der Waals surface area contributed by atoms with Crippen LogP contribution in [0.25, 0.3) is 0 Å². The van der Waals surface area contributed by atoms with E-state index >= 15 is 0 Å². The summed E-state index contributed by atoms with van der Waals surface area (Å²) in [5, 5.41) is 0. The van der Waals surface area contributed by atoms with Gasteiger partial charge in [-0.2, -0.15) is 0 Å². The highest BCUT2D eigenvalue weighted by Gasteiger charge is 2.07. The third-order valence-electron chi connectivity index (χ3n) is 2.53.